The van der Waals surface area contributed by atoms with Crippen molar-refractivity contribution in [2.45, 2.75) is 6.92 Å². The van der Waals surface area contributed by atoms with E-state index < -0.39 is 4.92 Å². The van der Waals surface area contributed by atoms with E-state index in [1.54, 1.807) is 0 Å². The van der Waals surface area contributed by atoms with Crippen molar-refractivity contribution >= 4 is 28.9 Å². The van der Waals surface area contributed by atoms with E-state index in [0.717, 1.165) is 13.1 Å². The number of nitrogens with zero attached hydrogens (tertiary/aromatic N) is 1. The highest BCUT2D eigenvalue weighted by Gasteiger charge is 2.29. The molecule has 1 saturated heterocycles. The minimum Gasteiger partial charge on any atom is -0.320 e. The number of amides is 1. The summed E-state index contributed by atoms with van der Waals surface area (Å²) in [6, 6.07) is 4.10. The quantitative estimate of drug-likeness (QED) is 0.654. The number of carbonyl (C=O) groups is 1. The maximum Gasteiger partial charge on any atom is 0.292 e. The molecule has 1 fully saturated rings. The molecule has 1 aromatic rings. The molecule has 1 aliphatic heterocycles. The number of nitro groups is 1. The summed E-state index contributed by atoms with van der Waals surface area (Å²) in [6.45, 7) is 3.41. The number of anilines is 1. The highest BCUT2D eigenvalue weighted by atomic mass is 35.5. The number of nitro benzene ring substituents is 1. The molecule has 0 saturated carbocycles. The molecule has 7 heteroatoms. The molecule has 1 aliphatic rings. The Bertz CT molecular complexity index is 517. The molecule has 0 bridgehead atoms. The highest BCUT2D eigenvalue weighted by Crippen LogP contribution is 2.28. The second-order valence-corrected chi connectivity index (χ2v) is 5.05. The molecule has 2 rings (SSSR count). The summed E-state index contributed by atoms with van der Waals surface area (Å²) in [7, 11) is 0. The van der Waals surface area contributed by atoms with Crippen LogP contribution >= 0.6 is 11.6 Å². The first-order valence-corrected chi connectivity index (χ1v) is 6.32. The highest BCUT2D eigenvalue weighted by molar-refractivity contribution is 6.31. The van der Waals surface area contributed by atoms with E-state index in [0.29, 0.717) is 5.02 Å². The average molecular weight is 284 g/mol. The minimum absolute atomic E-state index is 0.140. The fourth-order valence-corrected chi connectivity index (χ4v) is 2.06. The van der Waals surface area contributed by atoms with Gasteiger partial charge >= 0.3 is 0 Å². The topological polar surface area (TPSA) is 84.3 Å². The molecule has 19 heavy (non-hydrogen) atoms. The summed E-state index contributed by atoms with van der Waals surface area (Å²) in [4.78, 5) is 22.4. The molecule has 0 radical (unpaired) electrons. The van der Waals surface area contributed by atoms with Crippen molar-refractivity contribution in [1.29, 1.82) is 0 Å². The molecule has 6 nitrogen and oxygen atoms in total. The van der Waals surface area contributed by atoms with Crippen molar-refractivity contribution in [3.05, 3.63) is 33.3 Å². The van der Waals surface area contributed by atoms with Gasteiger partial charge in [-0.05, 0) is 31.1 Å². The van der Waals surface area contributed by atoms with Crippen LogP contribution in [0.4, 0.5) is 11.4 Å². The Morgan fingerprint density at radius 2 is 2.26 bits per heavy atom. The van der Waals surface area contributed by atoms with Crippen molar-refractivity contribution in [2.75, 3.05) is 18.4 Å². The molecule has 1 heterocycles. The number of nitrogens with one attached hydrogen (secondary N) is 2. The fourth-order valence-electron chi connectivity index (χ4n) is 1.89. The first kappa shape index (κ1) is 13.8. The summed E-state index contributed by atoms with van der Waals surface area (Å²) >= 11 is 5.80. The van der Waals surface area contributed by atoms with Gasteiger partial charge in [0.25, 0.3) is 5.69 Å². The third-order valence-corrected chi connectivity index (χ3v) is 3.58. The summed E-state index contributed by atoms with van der Waals surface area (Å²) in [5, 5.41) is 16.9. The lowest BCUT2D eigenvalue weighted by Gasteiger charge is -2.31. The van der Waals surface area contributed by atoms with Gasteiger partial charge in [-0.1, -0.05) is 18.5 Å². The van der Waals surface area contributed by atoms with Gasteiger partial charge in [0, 0.05) is 17.0 Å². The van der Waals surface area contributed by atoms with E-state index in [1.807, 2.05) is 6.92 Å². The van der Waals surface area contributed by atoms with E-state index in [-0.39, 0.29) is 29.1 Å². The molecule has 1 amide bonds. The van der Waals surface area contributed by atoms with Crippen molar-refractivity contribution < 1.29 is 9.72 Å². The third-order valence-electron chi connectivity index (χ3n) is 3.35. The summed E-state index contributed by atoms with van der Waals surface area (Å²) in [5.41, 5.74) is -0.0154. The van der Waals surface area contributed by atoms with Crippen molar-refractivity contribution in [3.63, 3.8) is 0 Å². The number of hydrogen-bond donors (Lipinski definition) is 2. The Morgan fingerprint density at radius 3 is 2.79 bits per heavy atom. The van der Waals surface area contributed by atoms with Crippen LogP contribution in [0.15, 0.2) is 18.2 Å². The maximum absolute atomic E-state index is 12.0. The van der Waals surface area contributed by atoms with Crippen molar-refractivity contribution in [3.8, 4) is 0 Å². The Morgan fingerprint density at radius 1 is 1.58 bits per heavy atom. The van der Waals surface area contributed by atoms with Crippen LogP contribution in [-0.4, -0.2) is 23.9 Å². The number of carbonyl (C=O) groups excluding carboxylic acids is 1. The smallest absolute Gasteiger partial charge is 0.292 e. The van der Waals surface area contributed by atoms with Crippen LogP contribution < -0.4 is 10.6 Å². The standard InChI is InChI=1S/C12H14ClN3O3/c1-7(8-5-14-6-8)12(17)15-10-4-9(13)2-3-11(10)16(18)19/h2-4,7-8,14H,5-6H2,1H3,(H,15,17). The van der Waals surface area contributed by atoms with Crippen LogP contribution in [0.5, 0.6) is 0 Å². The molecule has 1 unspecified atom stereocenters. The largest absolute Gasteiger partial charge is 0.320 e. The Kier molecular flexibility index (Phi) is 4.01. The second kappa shape index (κ2) is 5.54. The normalized spacial score (nSPS) is 16.5. The van der Waals surface area contributed by atoms with Gasteiger partial charge in [-0.2, -0.15) is 0 Å². The van der Waals surface area contributed by atoms with Gasteiger partial charge in [0.05, 0.1) is 4.92 Å². The lowest BCUT2D eigenvalue weighted by atomic mass is 9.88. The van der Waals surface area contributed by atoms with Gasteiger partial charge in [-0.15, -0.1) is 0 Å². The number of benzene rings is 1. The molecule has 1 atom stereocenters. The van der Waals surface area contributed by atoms with E-state index in [9.17, 15) is 14.9 Å². The lowest BCUT2D eigenvalue weighted by molar-refractivity contribution is -0.383. The van der Waals surface area contributed by atoms with E-state index in [2.05, 4.69) is 10.6 Å². The summed E-state index contributed by atoms with van der Waals surface area (Å²) in [5.74, 6) is -0.144. The van der Waals surface area contributed by atoms with Crippen LogP contribution in [-0.2, 0) is 4.79 Å². The zero-order chi connectivity index (χ0) is 14.0. The van der Waals surface area contributed by atoms with Crippen molar-refractivity contribution in [2.24, 2.45) is 11.8 Å². The predicted octanol–water partition coefficient (Wildman–Crippen LogP) is 2.04. The zero-order valence-electron chi connectivity index (χ0n) is 10.4. The van der Waals surface area contributed by atoms with Crippen LogP contribution in [0.3, 0.4) is 0 Å². The summed E-state index contributed by atoms with van der Waals surface area (Å²) < 4.78 is 0. The van der Waals surface area contributed by atoms with Gasteiger partial charge in [-0.25, -0.2) is 0 Å². The van der Waals surface area contributed by atoms with E-state index in [4.69, 9.17) is 11.6 Å². The lowest BCUT2D eigenvalue weighted by Crippen LogP contribution is -2.48. The number of halogens is 1. The second-order valence-electron chi connectivity index (χ2n) is 4.61. The van der Waals surface area contributed by atoms with Crippen LogP contribution in [0, 0.1) is 22.0 Å². The van der Waals surface area contributed by atoms with Crippen LogP contribution in [0.2, 0.25) is 5.02 Å². The Labute approximate surface area is 115 Å². The molecule has 0 aliphatic carbocycles. The Hall–Kier alpha value is -1.66. The minimum atomic E-state index is -0.540. The van der Waals surface area contributed by atoms with E-state index >= 15 is 0 Å². The maximum atomic E-state index is 12.0. The average Bonchev–Trinajstić information content (AvgIpc) is 2.26. The first-order chi connectivity index (χ1) is 8.99. The Balaban J connectivity index is 2.15. The predicted molar refractivity (Wildman–Crippen MR) is 72.3 cm³/mol. The zero-order valence-corrected chi connectivity index (χ0v) is 11.1. The number of hydrogen-bond acceptors (Lipinski definition) is 4. The fraction of sp³-hybridized carbons (Fsp3) is 0.417. The number of rotatable bonds is 4. The molecule has 102 valence electrons. The third kappa shape index (κ3) is 3.02. The van der Waals surface area contributed by atoms with Crippen LogP contribution in [0.25, 0.3) is 0 Å². The van der Waals surface area contributed by atoms with Gasteiger partial charge in [0.1, 0.15) is 5.69 Å². The molecule has 1 aromatic carbocycles. The van der Waals surface area contributed by atoms with Crippen LogP contribution in [0.1, 0.15) is 6.92 Å². The van der Waals surface area contributed by atoms with E-state index in [1.165, 1.54) is 18.2 Å². The van der Waals surface area contributed by atoms with Gasteiger partial charge in [-0.3, -0.25) is 14.9 Å². The van der Waals surface area contributed by atoms with Gasteiger partial charge in [0.2, 0.25) is 5.91 Å². The monoisotopic (exact) mass is 283 g/mol. The molecular formula is C12H14ClN3O3. The summed E-state index contributed by atoms with van der Waals surface area (Å²) in [6.07, 6.45) is 0. The molecule has 2 N–H and O–H groups in total. The van der Waals surface area contributed by atoms with Gasteiger partial charge in [0.15, 0.2) is 0 Å². The molecular weight excluding hydrogens is 270 g/mol. The van der Waals surface area contributed by atoms with Crippen molar-refractivity contribution in [1.82, 2.24) is 5.32 Å². The van der Waals surface area contributed by atoms with Gasteiger partial charge < -0.3 is 10.6 Å². The SMILES string of the molecule is CC(C(=O)Nc1cc(Cl)ccc1[N+](=O)[O-])C1CNC1. The molecule has 0 spiro atoms. The first-order valence-electron chi connectivity index (χ1n) is 5.94. The molecule has 0 aromatic heterocycles.